The number of anilines is 1. The Morgan fingerprint density at radius 2 is 2.00 bits per heavy atom. The van der Waals surface area contributed by atoms with E-state index in [0.717, 1.165) is 0 Å². The molecule has 2 amide bonds. The predicted octanol–water partition coefficient (Wildman–Crippen LogP) is -0.736. The zero-order valence-corrected chi connectivity index (χ0v) is 10.1. The molecule has 3 N–H and O–H groups in total. The van der Waals surface area contributed by atoms with Crippen molar-refractivity contribution >= 4 is 17.5 Å². The maximum atomic E-state index is 12.1. The Kier molecular flexibility index (Phi) is 4.07. The van der Waals surface area contributed by atoms with Crippen molar-refractivity contribution < 1.29 is 20.0 Å². The molecule has 0 radical (unpaired) electrons. The summed E-state index contributed by atoms with van der Waals surface area (Å²) in [6.45, 7) is 0.760. The first-order valence-electron chi connectivity index (χ1n) is 6.10. The fraction of sp³-hybridized carbons (Fsp3) is 0.385. The number of benzene rings is 1. The molecule has 0 aliphatic carbocycles. The second kappa shape index (κ2) is 5.75. The lowest BCUT2D eigenvalue weighted by Gasteiger charge is -2.13. The van der Waals surface area contributed by atoms with E-state index in [1.807, 2.05) is 11.4 Å². The topological polar surface area (TPSA) is 74.2 Å². The summed E-state index contributed by atoms with van der Waals surface area (Å²) >= 11 is 0. The van der Waals surface area contributed by atoms with Crippen LogP contribution in [0.15, 0.2) is 30.3 Å². The third-order valence-electron chi connectivity index (χ3n) is 3.01. The van der Waals surface area contributed by atoms with Gasteiger partial charge in [0.05, 0.1) is 18.7 Å². The smallest absolute Gasteiger partial charge is 0.292 e. The molecule has 1 saturated heterocycles. The lowest BCUT2D eigenvalue weighted by Crippen LogP contribution is -2.91. The van der Waals surface area contributed by atoms with Crippen molar-refractivity contribution in [2.24, 2.45) is 0 Å². The van der Waals surface area contributed by atoms with Crippen LogP contribution in [0.4, 0.5) is 5.69 Å². The van der Waals surface area contributed by atoms with E-state index in [1.165, 1.54) is 4.90 Å². The Balaban J connectivity index is 2.06. The lowest BCUT2D eigenvalue weighted by atomic mass is 10.2. The van der Waals surface area contributed by atoms with Crippen LogP contribution >= 0.6 is 0 Å². The summed E-state index contributed by atoms with van der Waals surface area (Å²) in [5, 5.41) is 10.5. The molecule has 1 aromatic rings. The van der Waals surface area contributed by atoms with E-state index in [4.69, 9.17) is 5.11 Å². The average molecular weight is 249 g/mol. The number of aliphatic hydroxyl groups is 1. The molecule has 1 fully saturated rings. The highest BCUT2D eigenvalue weighted by Crippen LogP contribution is 2.20. The SMILES string of the molecule is O=C1C[C@@H]([NH2+]CCCO)C(=O)N1c1ccccc1. The summed E-state index contributed by atoms with van der Waals surface area (Å²) < 4.78 is 0. The van der Waals surface area contributed by atoms with Gasteiger partial charge in [-0.25, -0.2) is 4.90 Å². The van der Waals surface area contributed by atoms with Crippen LogP contribution in [0.5, 0.6) is 0 Å². The zero-order chi connectivity index (χ0) is 13.0. The van der Waals surface area contributed by atoms with Gasteiger partial charge in [0.1, 0.15) is 0 Å². The Labute approximate surface area is 105 Å². The van der Waals surface area contributed by atoms with Gasteiger partial charge < -0.3 is 10.4 Å². The van der Waals surface area contributed by atoms with E-state index >= 15 is 0 Å². The first-order chi connectivity index (χ1) is 8.74. The normalized spacial score (nSPS) is 19.6. The number of carbonyl (C=O) groups excluding carboxylic acids is 2. The van der Waals surface area contributed by atoms with Crippen LogP contribution in [0.2, 0.25) is 0 Å². The van der Waals surface area contributed by atoms with Gasteiger partial charge in [-0.3, -0.25) is 9.59 Å². The Bertz CT molecular complexity index is 433. The molecule has 0 unspecified atom stereocenters. The average Bonchev–Trinajstić information content (AvgIpc) is 2.66. The number of imide groups is 1. The highest BCUT2D eigenvalue weighted by molar-refractivity contribution is 6.21. The molecule has 1 heterocycles. The van der Waals surface area contributed by atoms with Gasteiger partial charge in [0.15, 0.2) is 6.04 Å². The molecule has 1 atom stereocenters. The standard InChI is InChI=1S/C13H16N2O3/c16-8-4-7-14-11-9-12(17)15(13(11)18)10-5-2-1-3-6-10/h1-3,5-6,11,14,16H,4,7-9H2/p+1/t11-/m1/s1. The summed E-state index contributed by atoms with van der Waals surface area (Å²) in [5.74, 6) is -0.319. The molecule has 18 heavy (non-hydrogen) atoms. The molecule has 5 heteroatoms. The van der Waals surface area contributed by atoms with E-state index in [9.17, 15) is 9.59 Å². The molecule has 0 aromatic heterocycles. The van der Waals surface area contributed by atoms with Crippen molar-refractivity contribution in [1.82, 2.24) is 0 Å². The van der Waals surface area contributed by atoms with Crippen LogP contribution in [-0.2, 0) is 9.59 Å². The second-order valence-electron chi connectivity index (χ2n) is 4.32. The highest BCUT2D eigenvalue weighted by atomic mass is 16.3. The Morgan fingerprint density at radius 3 is 2.67 bits per heavy atom. The van der Waals surface area contributed by atoms with Gasteiger partial charge >= 0.3 is 0 Å². The number of amides is 2. The maximum Gasteiger partial charge on any atom is 0.292 e. The molecule has 5 nitrogen and oxygen atoms in total. The Morgan fingerprint density at radius 1 is 1.28 bits per heavy atom. The largest absolute Gasteiger partial charge is 0.396 e. The van der Waals surface area contributed by atoms with Crippen molar-refractivity contribution in [2.45, 2.75) is 18.9 Å². The molecule has 96 valence electrons. The van der Waals surface area contributed by atoms with Crippen LogP contribution in [0.3, 0.4) is 0 Å². The van der Waals surface area contributed by atoms with E-state index in [0.29, 0.717) is 18.7 Å². The van der Waals surface area contributed by atoms with Crippen molar-refractivity contribution in [2.75, 3.05) is 18.1 Å². The zero-order valence-electron chi connectivity index (χ0n) is 10.1. The quantitative estimate of drug-likeness (QED) is 0.533. The molecule has 1 aromatic carbocycles. The minimum absolute atomic E-state index is 0.105. The van der Waals surface area contributed by atoms with Crippen LogP contribution in [-0.4, -0.2) is 36.1 Å². The van der Waals surface area contributed by atoms with Crippen molar-refractivity contribution in [3.05, 3.63) is 30.3 Å². The number of rotatable bonds is 5. The fourth-order valence-corrected chi connectivity index (χ4v) is 2.10. The first kappa shape index (κ1) is 12.7. The monoisotopic (exact) mass is 249 g/mol. The summed E-state index contributed by atoms with van der Waals surface area (Å²) in [6, 6.07) is 8.62. The summed E-state index contributed by atoms with van der Waals surface area (Å²) in [7, 11) is 0. The molecule has 2 rings (SSSR count). The van der Waals surface area contributed by atoms with Crippen molar-refractivity contribution in [3.63, 3.8) is 0 Å². The minimum atomic E-state index is -0.343. The number of hydrogen-bond acceptors (Lipinski definition) is 3. The van der Waals surface area contributed by atoms with Crippen LogP contribution < -0.4 is 10.2 Å². The number of hydrogen-bond donors (Lipinski definition) is 2. The molecule has 1 aliphatic heterocycles. The van der Waals surface area contributed by atoms with Gasteiger partial charge in [-0.2, -0.15) is 0 Å². The van der Waals surface area contributed by atoms with E-state index < -0.39 is 0 Å². The van der Waals surface area contributed by atoms with Gasteiger partial charge in [-0.05, 0) is 12.1 Å². The van der Waals surface area contributed by atoms with Gasteiger partial charge in [-0.15, -0.1) is 0 Å². The predicted molar refractivity (Wildman–Crippen MR) is 65.8 cm³/mol. The van der Waals surface area contributed by atoms with Gasteiger partial charge in [0, 0.05) is 13.0 Å². The third-order valence-corrected chi connectivity index (χ3v) is 3.01. The number of carbonyl (C=O) groups is 2. The summed E-state index contributed by atoms with van der Waals surface area (Å²) in [5.41, 5.74) is 0.630. The number of para-hydroxylation sites is 1. The van der Waals surface area contributed by atoms with Gasteiger partial charge in [0.25, 0.3) is 5.91 Å². The number of nitrogens with zero attached hydrogens (tertiary/aromatic N) is 1. The fourth-order valence-electron chi connectivity index (χ4n) is 2.10. The summed E-state index contributed by atoms with van der Waals surface area (Å²) in [6.07, 6.45) is 0.864. The van der Waals surface area contributed by atoms with Crippen molar-refractivity contribution in [1.29, 1.82) is 0 Å². The molecule has 0 saturated carbocycles. The second-order valence-corrected chi connectivity index (χ2v) is 4.32. The number of nitrogens with two attached hydrogens (primary N) is 1. The van der Waals surface area contributed by atoms with Crippen LogP contribution in [0, 0.1) is 0 Å². The minimum Gasteiger partial charge on any atom is -0.396 e. The number of aliphatic hydroxyl groups excluding tert-OH is 1. The van der Waals surface area contributed by atoms with E-state index in [-0.39, 0.29) is 30.9 Å². The van der Waals surface area contributed by atoms with Gasteiger partial charge in [-0.1, -0.05) is 18.2 Å². The molecule has 0 spiro atoms. The highest BCUT2D eigenvalue weighted by Gasteiger charge is 2.41. The van der Waals surface area contributed by atoms with Crippen LogP contribution in [0.25, 0.3) is 0 Å². The molecular formula is C13H17N2O3+. The maximum absolute atomic E-state index is 12.1. The molecule has 1 aliphatic rings. The first-order valence-corrected chi connectivity index (χ1v) is 6.10. The van der Waals surface area contributed by atoms with Crippen LogP contribution in [0.1, 0.15) is 12.8 Å². The Hall–Kier alpha value is -1.72. The summed E-state index contributed by atoms with van der Waals surface area (Å²) in [4.78, 5) is 25.2. The van der Waals surface area contributed by atoms with Gasteiger partial charge in [0.2, 0.25) is 5.91 Å². The molecular weight excluding hydrogens is 232 g/mol. The third kappa shape index (κ3) is 2.57. The lowest BCUT2D eigenvalue weighted by molar-refractivity contribution is -0.674. The van der Waals surface area contributed by atoms with E-state index in [1.54, 1.807) is 24.3 Å². The molecule has 0 bridgehead atoms. The number of quaternary nitrogens is 1. The van der Waals surface area contributed by atoms with E-state index in [2.05, 4.69) is 0 Å². The van der Waals surface area contributed by atoms with Crippen molar-refractivity contribution in [3.8, 4) is 0 Å².